The number of allylic oxidation sites excluding steroid dienone is 1. The molecule has 104 valence electrons. The Hall–Kier alpha value is -1.00. The molecule has 0 bridgehead atoms. The summed E-state index contributed by atoms with van der Waals surface area (Å²) in [6, 6.07) is 0.132. The SMILES string of the molecule is CC1=NCC(C2CCN(N3CCC[C@H]3C=O)CC2)=C1. The van der Waals surface area contributed by atoms with E-state index in [0.717, 1.165) is 45.3 Å². The van der Waals surface area contributed by atoms with Crippen LogP contribution in [-0.4, -0.2) is 54.2 Å². The fourth-order valence-electron chi connectivity index (χ4n) is 3.58. The van der Waals surface area contributed by atoms with E-state index in [-0.39, 0.29) is 6.04 Å². The Labute approximate surface area is 115 Å². The number of carbonyl (C=O) groups is 1. The van der Waals surface area contributed by atoms with Gasteiger partial charge in [-0.15, -0.1) is 0 Å². The molecule has 0 spiro atoms. The van der Waals surface area contributed by atoms with Crippen molar-refractivity contribution < 1.29 is 4.79 Å². The Balaban J connectivity index is 1.55. The molecule has 2 fully saturated rings. The molecule has 0 aromatic rings. The molecule has 1 atom stereocenters. The fraction of sp³-hybridized carbons (Fsp3) is 0.733. The van der Waals surface area contributed by atoms with Crippen LogP contribution in [0.1, 0.15) is 32.6 Å². The fourth-order valence-corrected chi connectivity index (χ4v) is 3.58. The largest absolute Gasteiger partial charge is 0.302 e. The number of aliphatic imine (C=N–C) groups is 1. The van der Waals surface area contributed by atoms with Gasteiger partial charge in [-0.1, -0.05) is 0 Å². The van der Waals surface area contributed by atoms with Gasteiger partial charge in [0.1, 0.15) is 6.29 Å². The van der Waals surface area contributed by atoms with Gasteiger partial charge < -0.3 is 4.79 Å². The minimum atomic E-state index is 0.132. The quantitative estimate of drug-likeness (QED) is 0.725. The Morgan fingerprint density at radius 1 is 1.26 bits per heavy atom. The molecule has 0 amide bonds. The minimum absolute atomic E-state index is 0.132. The molecule has 2 saturated heterocycles. The maximum absolute atomic E-state index is 11.1. The predicted molar refractivity (Wildman–Crippen MR) is 76.1 cm³/mol. The summed E-state index contributed by atoms with van der Waals surface area (Å²) in [6.07, 6.45) is 7.98. The number of hydrogen-bond donors (Lipinski definition) is 0. The molecule has 3 rings (SSSR count). The van der Waals surface area contributed by atoms with Crippen LogP contribution in [0, 0.1) is 5.92 Å². The van der Waals surface area contributed by atoms with Crippen LogP contribution in [0.2, 0.25) is 0 Å². The first kappa shape index (κ1) is 13.0. The van der Waals surface area contributed by atoms with Gasteiger partial charge in [-0.3, -0.25) is 4.99 Å². The average Bonchev–Trinajstić information content (AvgIpc) is 3.07. The van der Waals surface area contributed by atoms with Gasteiger partial charge >= 0.3 is 0 Å². The topological polar surface area (TPSA) is 35.9 Å². The van der Waals surface area contributed by atoms with Crippen molar-refractivity contribution in [2.75, 3.05) is 26.2 Å². The highest BCUT2D eigenvalue weighted by Crippen LogP contribution is 2.29. The third-order valence-electron chi connectivity index (χ3n) is 4.69. The van der Waals surface area contributed by atoms with Crippen LogP contribution in [0.5, 0.6) is 0 Å². The molecule has 0 aromatic heterocycles. The summed E-state index contributed by atoms with van der Waals surface area (Å²) >= 11 is 0. The summed E-state index contributed by atoms with van der Waals surface area (Å²) in [5.74, 6) is 0.703. The third kappa shape index (κ3) is 2.65. The van der Waals surface area contributed by atoms with Crippen molar-refractivity contribution in [1.82, 2.24) is 10.0 Å². The van der Waals surface area contributed by atoms with Crippen LogP contribution in [0.4, 0.5) is 0 Å². The molecule has 0 N–H and O–H groups in total. The molecule has 3 aliphatic heterocycles. The third-order valence-corrected chi connectivity index (χ3v) is 4.69. The van der Waals surface area contributed by atoms with Gasteiger partial charge in [0.25, 0.3) is 0 Å². The summed E-state index contributed by atoms with van der Waals surface area (Å²) in [5.41, 5.74) is 2.70. The molecule has 3 aliphatic rings. The molecule has 19 heavy (non-hydrogen) atoms. The number of piperidine rings is 1. The van der Waals surface area contributed by atoms with E-state index in [2.05, 4.69) is 28.0 Å². The summed E-state index contributed by atoms with van der Waals surface area (Å²) in [4.78, 5) is 15.5. The molecule has 0 unspecified atom stereocenters. The molecule has 0 aromatic carbocycles. The first-order valence-corrected chi connectivity index (χ1v) is 7.46. The normalized spacial score (nSPS) is 30.5. The molecular formula is C15H23N3O. The van der Waals surface area contributed by atoms with Gasteiger partial charge in [-0.05, 0) is 50.2 Å². The standard InChI is InChI=1S/C15H23N3O/c1-12-9-14(10-16-12)13-4-7-17(8-5-13)18-6-2-3-15(18)11-19/h9,11,13,15H,2-8,10H2,1H3/t15-/m0/s1. The zero-order valence-electron chi connectivity index (χ0n) is 11.7. The van der Waals surface area contributed by atoms with Crippen LogP contribution >= 0.6 is 0 Å². The highest BCUT2D eigenvalue weighted by atomic mass is 16.1. The first-order chi connectivity index (χ1) is 9.28. The molecule has 3 heterocycles. The van der Waals surface area contributed by atoms with Crippen molar-refractivity contribution in [3.8, 4) is 0 Å². The number of nitrogens with zero attached hydrogens (tertiary/aromatic N) is 3. The van der Waals surface area contributed by atoms with Crippen molar-refractivity contribution in [3.05, 3.63) is 11.6 Å². The van der Waals surface area contributed by atoms with Crippen molar-refractivity contribution in [2.24, 2.45) is 10.9 Å². The van der Waals surface area contributed by atoms with Crippen molar-refractivity contribution >= 4 is 12.0 Å². The van der Waals surface area contributed by atoms with E-state index >= 15 is 0 Å². The smallest absolute Gasteiger partial charge is 0.138 e. The van der Waals surface area contributed by atoms with Crippen LogP contribution in [0.3, 0.4) is 0 Å². The van der Waals surface area contributed by atoms with Crippen LogP contribution in [0.25, 0.3) is 0 Å². The molecule has 0 radical (unpaired) electrons. The monoisotopic (exact) mass is 261 g/mol. The van der Waals surface area contributed by atoms with Gasteiger partial charge in [-0.25, -0.2) is 10.0 Å². The Morgan fingerprint density at radius 3 is 2.68 bits per heavy atom. The zero-order valence-corrected chi connectivity index (χ0v) is 11.7. The summed E-state index contributed by atoms with van der Waals surface area (Å²) in [6.45, 7) is 6.23. The van der Waals surface area contributed by atoms with E-state index in [1.165, 1.54) is 24.1 Å². The summed E-state index contributed by atoms with van der Waals surface area (Å²) < 4.78 is 0. The van der Waals surface area contributed by atoms with Crippen LogP contribution in [-0.2, 0) is 4.79 Å². The molecular weight excluding hydrogens is 238 g/mol. The first-order valence-electron chi connectivity index (χ1n) is 7.46. The van der Waals surface area contributed by atoms with Crippen molar-refractivity contribution in [1.29, 1.82) is 0 Å². The second kappa shape index (κ2) is 5.55. The van der Waals surface area contributed by atoms with Crippen molar-refractivity contribution in [2.45, 2.75) is 38.6 Å². The maximum Gasteiger partial charge on any atom is 0.138 e. The number of hydrogen-bond acceptors (Lipinski definition) is 4. The van der Waals surface area contributed by atoms with Crippen LogP contribution in [0.15, 0.2) is 16.6 Å². The second-order valence-corrected chi connectivity index (χ2v) is 5.91. The van der Waals surface area contributed by atoms with E-state index in [9.17, 15) is 4.79 Å². The van der Waals surface area contributed by atoms with E-state index in [1.807, 2.05) is 0 Å². The lowest BCUT2D eigenvalue weighted by molar-refractivity contribution is -0.120. The van der Waals surface area contributed by atoms with Gasteiger partial charge in [0.2, 0.25) is 0 Å². The Kier molecular flexibility index (Phi) is 3.80. The summed E-state index contributed by atoms with van der Waals surface area (Å²) in [7, 11) is 0. The number of aldehydes is 1. The lowest BCUT2D eigenvalue weighted by atomic mass is 9.89. The highest BCUT2D eigenvalue weighted by molar-refractivity contribution is 5.95. The summed E-state index contributed by atoms with van der Waals surface area (Å²) in [5, 5.41) is 4.71. The Bertz CT molecular complexity index is 408. The zero-order chi connectivity index (χ0) is 13.2. The molecule has 4 heteroatoms. The highest BCUT2D eigenvalue weighted by Gasteiger charge is 2.32. The van der Waals surface area contributed by atoms with Gasteiger partial charge in [0.15, 0.2) is 0 Å². The van der Waals surface area contributed by atoms with Gasteiger partial charge in [-0.2, -0.15) is 0 Å². The van der Waals surface area contributed by atoms with Gasteiger partial charge in [0, 0.05) is 25.3 Å². The number of hydrazine groups is 1. The lowest BCUT2D eigenvalue weighted by Crippen LogP contribution is -2.49. The lowest BCUT2D eigenvalue weighted by Gasteiger charge is -2.39. The predicted octanol–water partition coefficient (Wildman–Crippen LogP) is 1.68. The molecule has 0 saturated carbocycles. The van der Waals surface area contributed by atoms with E-state index in [1.54, 1.807) is 0 Å². The Morgan fingerprint density at radius 2 is 2.05 bits per heavy atom. The van der Waals surface area contributed by atoms with Crippen LogP contribution < -0.4 is 0 Å². The van der Waals surface area contributed by atoms with E-state index in [0.29, 0.717) is 5.92 Å². The van der Waals surface area contributed by atoms with Gasteiger partial charge in [0.05, 0.1) is 12.6 Å². The molecule has 4 nitrogen and oxygen atoms in total. The van der Waals surface area contributed by atoms with E-state index in [4.69, 9.17) is 0 Å². The average molecular weight is 261 g/mol. The number of carbonyl (C=O) groups excluding carboxylic acids is 1. The maximum atomic E-state index is 11.1. The van der Waals surface area contributed by atoms with E-state index < -0.39 is 0 Å². The van der Waals surface area contributed by atoms with Crippen molar-refractivity contribution in [3.63, 3.8) is 0 Å². The second-order valence-electron chi connectivity index (χ2n) is 5.91. The molecule has 0 aliphatic carbocycles. The number of rotatable bonds is 3. The minimum Gasteiger partial charge on any atom is -0.302 e.